The van der Waals surface area contributed by atoms with Crippen molar-refractivity contribution >= 4 is 28.1 Å². The first-order valence-electron chi connectivity index (χ1n) is 9.79. The Morgan fingerprint density at radius 1 is 1.07 bits per heavy atom. The second kappa shape index (κ2) is 7.20. The van der Waals surface area contributed by atoms with E-state index in [0.717, 1.165) is 33.4 Å². The summed E-state index contributed by atoms with van der Waals surface area (Å²) in [6.07, 6.45) is 0.593. The van der Waals surface area contributed by atoms with Gasteiger partial charge in [0.1, 0.15) is 6.04 Å². The summed E-state index contributed by atoms with van der Waals surface area (Å²) in [6.45, 7) is 7.83. The summed E-state index contributed by atoms with van der Waals surface area (Å²) >= 11 is 0. The monoisotopic (exact) mass is 388 g/mol. The van der Waals surface area contributed by atoms with Crippen molar-refractivity contribution in [2.75, 3.05) is 5.32 Å². The van der Waals surface area contributed by atoms with E-state index >= 15 is 0 Å². The van der Waals surface area contributed by atoms with Crippen LogP contribution in [-0.2, 0) is 4.79 Å². The van der Waals surface area contributed by atoms with Gasteiger partial charge in [0, 0.05) is 22.8 Å². The third-order valence-corrected chi connectivity index (χ3v) is 5.40. The van der Waals surface area contributed by atoms with Crippen molar-refractivity contribution in [1.29, 1.82) is 0 Å². The van der Waals surface area contributed by atoms with Gasteiger partial charge in [0.25, 0.3) is 5.56 Å². The molecule has 4 rings (SSSR count). The molecule has 1 atom stereocenters. The highest BCUT2D eigenvalue weighted by Crippen LogP contribution is 2.28. The van der Waals surface area contributed by atoms with Gasteiger partial charge >= 0.3 is 0 Å². The first-order valence-corrected chi connectivity index (χ1v) is 9.79. The number of nitrogens with zero attached hydrogens (tertiary/aromatic N) is 3. The largest absolute Gasteiger partial charge is 0.324 e. The van der Waals surface area contributed by atoms with Gasteiger partial charge in [0.2, 0.25) is 5.91 Å². The maximum atomic E-state index is 13.4. The molecule has 0 aliphatic carbocycles. The zero-order chi connectivity index (χ0) is 20.7. The number of fused-ring (bicyclic) bond motifs is 3. The third-order valence-electron chi connectivity index (χ3n) is 5.40. The minimum absolute atomic E-state index is 0.0920. The molecule has 6 nitrogen and oxygen atoms in total. The van der Waals surface area contributed by atoms with Crippen LogP contribution in [0, 0.1) is 20.8 Å². The predicted molar refractivity (Wildman–Crippen MR) is 116 cm³/mol. The Morgan fingerprint density at radius 3 is 2.45 bits per heavy atom. The molecular weight excluding hydrogens is 364 g/mol. The van der Waals surface area contributed by atoms with E-state index in [-0.39, 0.29) is 11.5 Å². The number of rotatable bonds is 4. The molecule has 4 aromatic rings. The number of benzene rings is 2. The van der Waals surface area contributed by atoms with Crippen LogP contribution in [0.4, 0.5) is 5.69 Å². The van der Waals surface area contributed by atoms with Crippen molar-refractivity contribution in [1.82, 2.24) is 14.2 Å². The average Bonchev–Trinajstić information content (AvgIpc) is 3.00. The Hall–Kier alpha value is -3.41. The lowest BCUT2D eigenvalue weighted by Gasteiger charge is -2.21. The molecule has 0 saturated heterocycles. The molecule has 6 heteroatoms. The predicted octanol–water partition coefficient (Wildman–Crippen LogP) is 4.16. The standard InChI is InChI=1S/C23H24N4O2/c1-5-18(23(29)25-21-14(2)9-8-10-15(21)3)27-19-12-7-6-11-17(19)22-24-20(28)13-16(4)26(22)27/h6-13,18H,5H2,1-4H3,(H,25,29)/t18-/m0/s1. The smallest absolute Gasteiger partial charge is 0.273 e. The highest BCUT2D eigenvalue weighted by atomic mass is 16.2. The van der Waals surface area contributed by atoms with E-state index in [1.165, 1.54) is 6.07 Å². The molecule has 29 heavy (non-hydrogen) atoms. The van der Waals surface area contributed by atoms with Gasteiger partial charge in [-0.3, -0.25) is 14.3 Å². The minimum atomic E-state index is -0.459. The quantitative estimate of drug-likeness (QED) is 0.571. The van der Waals surface area contributed by atoms with Crippen molar-refractivity contribution in [3.63, 3.8) is 0 Å². The summed E-state index contributed by atoms with van der Waals surface area (Å²) < 4.78 is 3.83. The maximum absolute atomic E-state index is 13.4. The van der Waals surface area contributed by atoms with Crippen LogP contribution < -0.4 is 10.9 Å². The van der Waals surface area contributed by atoms with E-state index in [0.29, 0.717) is 12.1 Å². The molecule has 2 heterocycles. The average molecular weight is 388 g/mol. The van der Waals surface area contributed by atoms with Gasteiger partial charge in [0.15, 0.2) is 5.65 Å². The minimum Gasteiger partial charge on any atom is -0.324 e. The second-order valence-electron chi connectivity index (χ2n) is 7.41. The van der Waals surface area contributed by atoms with Crippen molar-refractivity contribution in [2.45, 2.75) is 40.2 Å². The molecular formula is C23H24N4O2. The molecule has 148 valence electrons. The SMILES string of the molecule is CC[C@@H](C(=O)Nc1c(C)cccc1C)n1c2ccccc2c2nc(=O)cc(C)n21. The fraction of sp³-hybridized carbons (Fsp3) is 0.261. The summed E-state index contributed by atoms with van der Waals surface area (Å²) in [5.74, 6) is -0.0920. The van der Waals surface area contributed by atoms with E-state index < -0.39 is 6.04 Å². The first kappa shape index (κ1) is 18.9. The first-order chi connectivity index (χ1) is 13.9. The molecule has 2 aromatic heterocycles. The Labute approximate surface area is 168 Å². The number of aromatic nitrogens is 3. The molecule has 0 radical (unpaired) electrons. The zero-order valence-corrected chi connectivity index (χ0v) is 17.1. The summed E-state index contributed by atoms with van der Waals surface area (Å²) in [4.78, 5) is 29.6. The Morgan fingerprint density at radius 2 is 1.76 bits per heavy atom. The van der Waals surface area contributed by atoms with Gasteiger partial charge in [-0.25, -0.2) is 4.52 Å². The number of nitrogens with one attached hydrogen (secondary N) is 1. The van der Waals surface area contributed by atoms with Crippen molar-refractivity contribution in [3.05, 3.63) is 75.7 Å². The highest BCUT2D eigenvalue weighted by Gasteiger charge is 2.25. The number of hydrogen-bond acceptors (Lipinski definition) is 3. The molecule has 2 aromatic carbocycles. The second-order valence-corrected chi connectivity index (χ2v) is 7.41. The lowest BCUT2D eigenvalue weighted by Crippen LogP contribution is -2.29. The third kappa shape index (κ3) is 3.10. The van der Waals surface area contributed by atoms with Crippen LogP contribution in [0.3, 0.4) is 0 Å². The fourth-order valence-electron chi connectivity index (χ4n) is 4.00. The van der Waals surface area contributed by atoms with Crippen LogP contribution in [0.25, 0.3) is 16.6 Å². The van der Waals surface area contributed by atoms with E-state index in [1.54, 1.807) is 0 Å². The summed E-state index contributed by atoms with van der Waals surface area (Å²) in [7, 11) is 0. The van der Waals surface area contributed by atoms with E-state index in [9.17, 15) is 9.59 Å². The van der Waals surface area contributed by atoms with Gasteiger partial charge < -0.3 is 5.32 Å². The molecule has 0 aliphatic rings. The van der Waals surface area contributed by atoms with Crippen molar-refractivity contribution in [2.24, 2.45) is 0 Å². The number of aryl methyl sites for hydroxylation is 3. The van der Waals surface area contributed by atoms with Crippen molar-refractivity contribution in [3.8, 4) is 0 Å². The lowest BCUT2D eigenvalue weighted by molar-refractivity contribution is -0.119. The van der Waals surface area contributed by atoms with Crippen LogP contribution in [0.5, 0.6) is 0 Å². The molecule has 1 amide bonds. The summed E-state index contributed by atoms with van der Waals surface area (Å²) in [5.41, 5.74) is 4.81. The number of para-hydroxylation sites is 2. The number of anilines is 1. The normalized spacial score (nSPS) is 12.4. The highest BCUT2D eigenvalue weighted by molar-refractivity contribution is 5.98. The van der Waals surface area contributed by atoms with Crippen LogP contribution >= 0.6 is 0 Å². The molecule has 0 fully saturated rings. The summed E-state index contributed by atoms with van der Waals surface area (Å²) in [6, 6.07) is 14.7. The molecule has 0 bridgehead atoms. The molecule has 0 spiro atoms. The van der Waals surface area contributed by atoms with Crippen LogP contribution in [0.15, 0.2) is 53.3 Å². The topological polar surface area (TPSA) is 68.4 Å². The number of carbonyl (C=O) groups excluding carboxylic acids is 1. The zero-order valence-electron chi connectivity index (χ0n) is 17.1. The van der Waals surface area contributed by atoms with Crippen LogP contribution in [0.1, 0.15) is 36.2 Å². The molecule has 0 aliphatic heterocycles. The number of amides is 1. The lowest BCUT2D eigenvalue weighted by atomic mass is 10.1. The van der Waals surface area contributed by atoms with Gasteiger partial charge in [-0.05, 0) is 50.5 Å². The van der Waals surface area contributed by atoms with E-state index in [2.05, 4.69) is 10.3 Å². The van der Waals surface area contributed by atoms with Gasteiger partial charge in [-0.15, -0.1) is 0 Å². The fourth-order valence-corrected chi connectivity index (χ4v) is 4.00. The molecule has 0 unspecified atom stereocenters. The van der Waals surface area contributed by atoms with Crippen molar-refractivity contribution < 1.29 is 4.79 Å². The summed E-state index contributed by atoms with van der Waals surface area (Å²) in [5, 5.41) is 3.98. The number of carbonyl (C=O) groups is 1. The van der Waals surface area contributed by atoms with Crippen LogP contribution in [-0.4, -0.2) is 20.1 Å². The molecule has 1 N–H and O–H groups in total. The van der Waals surface area contributed by atoms with Crippen LogP contribution in [0.2, 0.25) is 0 Å². The Bertz CT molecular complexity index is 1280. The Balaban J connectivity index is 1.91. The van der Waals surface area contributed by atoms with E-state index in [1.807, 2.05) is 79.4 Å². The van der Waals surface area contributed by atoms with Gasteiger partial charge in [-0.2, -0.15) is 4.98 Å². The molecule has 0 saturated carbocycles. The number of hydrogen-bond donors (Lipinski definition) is 1. The van der Waals surface area contributed by atoms with E-state index in [4.69, 9.17) is 0 Å². The van der Waals surface area contributed by atoms with Gasteiger partial charge in [0.05, 0.1) is 5.52 Å². The maximum Gasteiger partial charge on any atom is 0.273 e. The van der Waals surface area contributed by atoms with Gasteiger partial charge in [-0.1, -0.05) is 37.3 Å². The Kier molecular flexibility index (Phi) is 4.70.